The molecule has 5 N–H and O–H groups in total. The molecule has 19 heavy (non-hydrogen) atoms. The molecule has 0 aliphatic rings. The number of pyridine rings is 1. The number of hydrogen-bond donors (Lipinski definition) is 3. The van der Waals surface area contributed by atoms with E-state index in [1.54, 1.807) is 30.6 Å². The Labute approximate surface area is 115 Å². The first-order valence-electron chi connectivity index (χ1n) is 5.71. The van der Waals surface area contributed by atoms with Crippen molar-refractivity contribution in [2.45, 2.75) is 12.5 Å². The van der Waals surface area contributed by atoms with Gasteiger partial charge in [-0.25, -0.2) is 4.39 Å². The molecule has 0 saturated heterocycles. The van der Waals surface area contributed by atoms with Crippen LogP contribution in [-0.4, -0.2) is 4.98 Å². The molecule has 2 aromatic rings. The van der Waals surface area contributed by atoms with E-state index in [1.807, 2.05) is 0 Å². The third-order valence-electron chi connectivity index (χ3n) is 2.90. The van der Waals surface area contributed by atoms with Crippen LogP contribution in [0.5, 0.6) is 0 Å². The van der Waals surface area contributed by atoms with E-state index in [0.29, 0.717) is 22.7 Å². The fourth-order valence-electron chi connectivity index (χ4n) is 1.87. The van der Waals surface area contributed by atoms with Gasteiger partial charge in [-0.1, -0.05) is 17.7 Å². The minimum Gasteiger partial charge on any atom is -0.398 e. The summed E-state index contributed by atoms with van der Waals surface area (Å²) in [4.78, 5) is 4.00. The maximum Gasteiger partial charge on any atom is 0.129 e. The van der Waals surface area contributed by atoms with E-state index in [1.165, 1.54) is 6.07 Å². The van der Waals surface area contributed by atoms with Crippen molar-refractivity contribution in [3.8, 4) is 0 Å². The Morgan fingerprint density at radius 3 is 2.79 bits per heavy atom. The smallest absolute Gasteiger partial charge is 0.129 e. The van der Waals surface area contributed by atoms with Crippen molar-refractivity contribution >= 4 is 17.3 Å². The summed E-state index contributed by atoms with van der Waals surface area (Å²) in [6, 6.07) is 5.78. The molecule has 0 aliphatic carbocycles. The van der Waals surface area contributed by atoms with Gasteiger partial charge in [0.2, 0.25) is 0 Å². The molecule has 1 unspecified atom stereocenters. The van der Waals surface area contributed by atoms with Crippen molar-refractivity contribution in [1.82, 2.24) is 10.4 Å². The molecule has 0 fully saturated rings. The minimum atomic E-state index is -0.405. The zero-order valence-electron chi connectivity index (χ0n) is 10.1. The van der Waals surface area contributed by atoms with Gasteiger partial charge in [-0.05, 0) is 30.2 Å². The van der Waals surface area contributed by atoms with E-state index in [-0.39, 0.29) is 0 Å². The van der Waals surface area contributed by atoms with E-state index in [4.69, 9.17) is 23.2 Å². The molecule has 0 aliphatic heterocycles. The lowest BCUT2D eigenvalue weighted by Crippen LogP contribution is -2.30. The number of nitrogens with one attached hydrogen (secondary N) is 1. The van der Waals surface area contributed by atoms with Crippen molar-refractivity contribution in [2.24, 2.45) is 5.84 Å². The molecule has 1 heterocycles. The second kappa shape index (κ2) is 5.97. The van der Waals surface area contributed by atoms with Crippen LogP contribution < -0.4 is 17.0 Å². The highest BCUT2D eigenvalue weighted by Crippen LogP contribution is 2.24. The highest BCUT2D eigenvalue weighted by molar-refractivity contribution is 6.30. The zero-order chi connectivity index (χ0) is 13.8. The Hall–Kier alpha value is -1.69. The van der Waals surface area contributed by atoms with Crippen molar-refractivity contribution < 1.29 is 4.39 Å². The first-order valence-corrected chi connectivity index (χ1v) is 6.09. The molecular weight excluding hydrogens is 267 g/mol. The number of benzene rings is 1. The van der Waals surface area contributed by atoms with Crippen molar-refractivity contribution in [3.05, 3.63) is 58.6 Å². The van der Waals surface area contributed by atoms with E-state index in [2.05, 4.69) is 10.4 Å². The van der Waals surface area contributed by atoms with Crippen LogP contribution in [0.3, 0.4) is 0 Å². The minimum absolute atomic E-state index is 0.345. The molecule has 0 spiro atoms. The van der Waals surface area contributed by atoms with Crippen LogP contribution in [0.1, 0.15) is 17.2 Å². The van der Waals surface area contributed by atoms with Crippen molar-refractivity contribution in [3.63, 3.8) is 0 Å². The Kier molecular flexibility index (Phi) is 4.31. The quantitative estimate of drug-likeness (QED) is 0.593. The number of halogens is 2. The van der Waals surface area contributed by atoms with Crippen LogP contribution in [-0.2, 0) is 6.42 Å². The van der Waals surface area contributed by atoms with Gasteiger partial charge in [0, 0.05) is 28.7 Å². The van der Waals surface area contributed by atoms with Crippen LogP contribution in [0.4, 0.5) is 10.1 Å². The maximum atomic E-state index is 13.9. The molecule has 4 nitrogen and oxygen atoms in total. The normalized spacial score (nSPS) is 12.4. The Bertz CT molecular complexity index is 576. The second-order valence-electron chi connectivity index (χ2n) is 4.16. The molecule has 0 radical (unpaired) electrons. The monoisotopic (exact) mass is 280 g/mol. The van der Waals surface area contributed by atoms with Crippen LogP contribution in [0.25, 0.3) is 0 Å². The highest BCUT2D eigenvalue weighted by Gasteiger charge is 2.16. The maximum absolute atomic E-state index is 13.9. The highest BCUT2D eigenvalue weighted by atomic mass is 35.5. The molecule has 1 aromatic heterocycles. The first kappa shape index (κ1) is 13.7. The lowest BCUT2D eigenvalue weighted by atomic mass is 9.99. The van der Waals surface area contributed by atoms with Gasteiger partial charge in [-0.3, -0.25) is 16.3 Å². The number of rotatable bonds is 4. The standard InChI is InChI=1S/C13H14ClFN4/c14-9-1-2-10(11(15)6-9)13(19-17)5-8-7-18-4-3-12(8)16/h1-4,6-7,13,19H,5,17H2,(H2,16,18). The summed E-state index contributed by atoms with van der Waals surface area (Å²) >= 11 is 5.73. The van der Waals surface area contributed by atoms with Gasteiger partial charge in [0.25, 0.3) is 0 Å². The van der Waals surface area contributed by atoms with E-state index < -0.39 is 11.9 Å². The van der Waals surface area contributed by atoms with E-state index in [0.717, 1.165) is 5.56 Å². The Morgan fingerprint density at radius 1 is 1.37 bits per heavy atom. The number of nitrogens with zero attached hydrogens (tertiary/aromatic N) is 1. The summed E-state index contributed by atoms with van der Waals surface area (Å²) in [6.45, 7) is 0. The lowest BCUT2D eigenvalue weighted by Gasteiger charge is -2.18. The summed E-state index contributed by atoms with van der Waals surface area (Å²) in [7, 11) is 0. The molecule has 6 heteroatoms. The third kappa shape index (κ3) is 3.20. The molecule has 1 aromatic carbocycles. The van der Waals surface area contributed by atoms with Crippen LogP contribution in [0.15, 0.2) is 36.7 Å². The van der Waals surface area contributed by atoms with Gasteiger partial charge < -0.3 is 5.73 Å². The summed E-state index contributed by atoms with van der Waals surface area (Å²) in [5.41, 5.74) is 10.3. The molecule has 100 valence electrons. The summed E-state index contributed by atoms with van der Waals surface area (Å²) in [6.07, 6.45) is 3.69. The van der Waals surface area contributed by atoms with Crippen LogP contribution in [0.2, 0.25) is 5.02 Å². The van der Waals surface area contributed by atoms with Gasteiger partial charge in [0.05, 0.1) is 6.04 Å². The summed E-state index contributed by atoms with van der Waals surface area (Å²) < 4.78 is 13.9. The predicted molar refractivity (Wildman–Crippen MR) is 73.8 cm³/mol. The summed E-state index contributed by atoms with van der Waals surface area (Å²) in [5, 5.41) is 0.345. The van der Waals surface area contributed by atoms with Gasteiger partial charge >= 0.3 is 0 Å². The predicted octanol–water partition coefficient (Wildman–Crippen LogP) is 2.20. The van der Waals surface area contributed by atoms with Crippen molar-refractivity contribution in [1.29, 1.82) is 0 Å². The second-order valence-corrected chi connectivity index (χ2v) is 4.60. The van der Waals surface area contributed by atoms with E-state index >= 15 is 0 Å². The molecule has 0 bridgehead atoms. The molecule has 0 saturated carbocycles. The SMILES string of the molecule is NNC(Cc1cnccc1N)c1ccc(Cl)cc1F. The van der Waals surface area contributed by atoms with E-state index in [9.17, 15) is 4.39 Å². The fourth-order valence-corrected chi connectivity index (χ4v) is 2.03. The van der Waals surface area contributed by atoms with Gasteiger partial charge in [-0.15, -0.1) is 0 Å². The Balaban J connectivity index is 2.28. The first-order chi connectivity index (χ1) is 9.11. The van der Waals surface area contributed by atoms with Crippen LogP contribution in [0, 0.1) is 5.82 Å². The molecule has 1 atom stereocenters. The third-order valence-corrected chi connectivity index (χ3v) is 3.14. The number of anilines is 1. The van der Waals surface area contributed by atoms with Gasteiger partial charge in [0.1, 0.15) is 5.82 Å². The fraction of sp³-hybridized carbons (Fsp3) is 0.154. The lowest BCUT2D eigenvalue weighted by molar-refractivity contribution is 0.510. The van der Waals surface area contributed by atoms with Gasteiger partial charge in [0.15, 0.2) is 0 Å². The topological polar surface area (TPSA) is 77.0 Å². The average Bonchev–Trinajstić information content (AvgIpc) is 2.39. The zero-order valence-corrected chi connectivity index (χ0v) is 10.9. The largest absolute Gasteiger partial charge is 0.398 e. The average molecular weight is 281 g/mol. The number of hydrogen-bond acceptors (Lipinski definition) is 4. The molecule has 2 rings (SSSR count). The number of nitrogen functional groups attached to an aromatic ring is 1. The summed E-state index contributed by atoms with van der Waals surface area (Å²) in [5.74, 6) is 5.09. The van der Waals surface area contributed by atoms with Gasteiger partial charge in [-0.2, -0.15) is 0 Å². The number of hydrazine groups is 1. The molecule has 0 amide bonds. The number of nitrogens with two attached hydrogens (primary N) is 2. The molecular formula is C13H14ClFN4. The Morgan fingerprint density at radius 2 is 2.16 bits per heavy atom. The van der Waals surface area contributed by atoms with Crippen molar-refractivity contribution in [2.75, 3.05) is 5.73 Å². The number of aromatic nitrogens is 1. The van der Waals surface area contributed by atoms with Crippen LogP contribution >= 0.6 is 11.6 Å².